The van der Waals surface area contributed by atoms with Crippen LogP contribution in [-0.4, -0.2) is 57.0 Å². The highest BCUT2D eigenvalue weighted by Gasteiger charge is 2.76. The van der Waals surface area contributed by atoms with Gasteiger partial charge in [-0.1, -0.05) is 19.9 Å². The van der Waals surface area contributed by atoms with Crippen molar-refractivity contribution in [2.45, 2.75) is 63.6 Å². The molecule has 0 heterocycles. The first-order valence-electron chi connectivity index (χ1n) is 10.2. The molecule has 4 aliphatic rings. The molecule has 3 fully saturated rings. The van der Waals surface area contributed by atoms with Gasteiger partial charge in [0.1, 0.15) is 18.4 Å². The van der Waals surface area contributed by atoms with Crippen LogP contribution in [0.1, 0.15) is 40.0 Å². The van der Waals surface area contributed by atoms with Crippen molar-refractivity contribution in [1.29, 1.82) is 0 Å². The average molecular weight is 410 g/mol. The van der Waals surface area contributed by atoms with Gasteiger partial charge < -0.3 is 15.3 Å². The van der Waals surface area contributed by atoms with Crippen molar-refractivity contribution in [2.24, 2.45) is 28.6 Å². The summed E-state index contributed by atoms with van der Waals surface area (Å²) in [6.45, 7) is 3.96. The third-order valence-electron chi connectivity index (χ3n) is 8.78. The summed E-state index contributed by atoms with van der Waals surface area (Å²) < 4.78 is 32.1. The summed E-state index contributed by atoms with van der Waals surface area (Å²) in [6, 6.07) is 0. The van der Waals surface area contributed by atoms with E-state index in [2.05, 4.69) is 0 Å². The van der Waals surface area contributed by atoms with Gasteiger partial charge in [0.05, 0.1) is 6.10 Å². The van der Waals surface area contributed by atoms with Crippen LogP contribution in [0.4, 0.5) is 8.78 Å². The topological polar surface area (TPSA) is 94.8 Å². The minimum absolute atomic E-state index is 0.0409. The summed E-state index contributed by atoms with van der Waals surface area (Å²) in [5.41, 5.74) is -6.81. The molecule has 0 aromatic carbocycles. The van der Waals surface area contributed by atoms with Gasteiger partial charge in [0.2, 0.25) is 0 Å². The average Bonchev–Trinajstić information content (AvgIpc) is 2.86. The molecule has 0 aromatic rings. The zero-order valence-corrected chi connectivity index (χ0v) is 16.9. The number of hydrogen-bond acceptors (Lipinski definition) is 5. The summed E-state index contributed by atoms with van der Waals surface area (Å²) in [7, 11) is 0. The Morgan fingerprint density at radius 2 is 1.93 bits per heavy atom. The molecule has 0 saturated heterocycles. The van der Waals surface area contributed by atoms with Gasteiger partial charge in [-0.15, -0.1) is 0 Å². The summed E-state index contributed by atoms with van der Waals surface area (Å²) in [5.74, 6) is -3.24. The van der Waals surface area contributed by atoms with Gasteiger partial charge in [-0.25, -0.2) is 8.78 Å². The van der Waals surface area contributed by atoms with Crippen LogP contribution < -0.4 is 0 Å². The van der Waals surface area contributed by atoms with E-state index in [1.165, 1.54) is 19.1 Å². The number of halogens is 2. The lowest BCUT2D eigenvalue weighted by Crippen LogP contribution is -2.70. The predicted molar refractivity (Wildman–Crippen MR) is 100 cm³/mol. The minimum atomic E-state index is -2.24. The first-order valence-corrected chi connectivity index (χ1v) is 10.2. The molecule has 4 aliphatic carbocycles. The van der Waals surface area contributed by atoms with Crippen LogP contribution in [0, 0.1) is 28.6 Å². The van der Waals surface area contributed by atoms with E-state index in [0.29, 0.717) is 0 Å². The van der Waals surface area contributed by atoms with Crippen LogP contribution in [0.25, 0.3) is 0 Å². The van der Waals surface area contributed by atoms with Crippen molar-refractivity contribution in [3.05, 3.63) is 23.8 Å². The Balaban J connectivity index is 1.87. The minimum Gasteiger partial charge on any atom is -0.390 e. The van der Waals surface area contributed by atoms with Gasteiger partial charge in [0.15, 0.2) is 17.2 Å². The van der Waals surface area contributed by atoms with Gasteiger partial charge in [-0.2, -0.15) is 0 Å². The molecule has 0 bridgehead atoms. The van der Waals surface area contributed by atoms with E-state index in [0.717, 1.165) is 6.08 Å². The number of alkyl halides is 2. The number of rotatable bonds is 2. The summed E-state index contributed by atoms with van der Waals surface area (Å²) >= 11 is 0. The highest BCUT2D eigenvalue weighted by atomic mass is 19.1. The van der Waals surface area contributed by atoms with E-state index in [-0.39, 0.29) is 24.8 Å². The fourth-order valence-corrected chi connectivity index (χ4v) is 7.25. The Kier molecular flexibility index (Phi) is 4.34. The maximum absolute atomic E-state index is 16.9. The van der Waals surface area contributed by atoms with Crippen molar-refractivity contribution < 1.29 is 33.7 Å². The van der Waals surface area contributed by atoms with E-state index < -0.39 is 70.3 Å². The molecule has 3 saturated carbocycles. The van der Waals surface area contributed by atoms with Crippen molar-refractivity contribution in [3.63, 3.8) is 0 Å². The van der Waals surface area contributed by atoms with E-state index in [1.807, 2.05) is 0 Å². The summed E-state index contributed by atoms with van der Waals surface area (Å²) in [5, 5.41) is 31.9. The van der Waals surface area contributed by atoms with Gasteiger partial charge in [-0.3, -0.25) is 9.59 Å². The Labute approximate surface area is 168 Å². The van der Waals surface area contributed by atoms with Crippen LogP contribution in [0.15, 0.2) is 23.8 Å². The predicted octanol–water partition coefficient (Wildman–Crippen LogP) is 1.84. The molecular formula is C22H28F2O5. The van der Waals surface area contributed by atoms with Crippen LogP contribution in [0.5, 0.6) is 0 Å². The smallest absolute Gasteiger partial charge is 0.190 e. The first kappa shape index (κ1) is 20.8. The lowest BCUT2D eigenvalue weighted by atomic mass is 9.44. The second kappa shape index (κ2) is 6.05. The largest absolute Gasteiger partial charge is 0.390 e. The van der Waals surface area contributed by atoms with E-state index in [4.69, 9.17) is 0 Å². The molecule has 9 atom stereocenters. The van der Waals surface area contributed by atoms with Crippen molar-refractivity contribution >= 4 is 11.6 Å². The molecule has 160 valence electrons. The first-order chi connectivity index (χ1) is 13.4. The SMILES string of the molecule is C[C@@H]1C[C@@H]2[C@@H]3C[C@@H](F)C4=CC(=O)C=C[C@]4(C)[C@@]3(F)[C@H](O)C[C@@]2(C)[C@@]1(O)C(=O)CO. The number of aliphatic hydroxyl groups is 3. The second-order valence-corrected chi connectivity index (χ2v) is 9.84. The van der Waals surface area contributed by atoms with Gasteiger partial charge in [-0.05, 0) is 55.7 Å². The van der Waals surface area contributed by atoms with Crippen molar-refractivity contribution in [1.82, 2.24) is 0 Å². The third-order valence-corrected chi connectivity index (χ3v) is 8.78. The van der Waals surface area contributed by atoms with Gasteiger partial charge in [0.25, 0.3) is 0 Å². The molecular weight excluding hydrogens is 382 g/mol. The maximum Gasteiger partial charge on any atom is 0.190 e. The zero-order valence-electron chi connectivity index (χ0n) is 16.9. The molecule has 29 heavy (non-hydrogen) atoms. The molecule has 0 spiro atoms. The van der Waals surface area contributed by atoms with E-state index in [9.17, 15) is 24.9 Å². The fourth-order valence-electron chi connectivity index (χ4n) is 7.25. The quantitative estimate of drug-likeness (QED) is 0.646. The number of carbonyl (C=O) groups excluding carboxylic acids is 2. The van der Waals surface area contributed by atoms with E-state index in [1.54, 1.807) is 13.8 Å². The van der Waals surface area contributed by atoms with Gasteiger partial charge >= 0.3 is 0 Å². The standard InChI is InChI=1S/C22H28F2O5/c1-11-6-13-14-8-16(23)15-7-12(26)4-5-19(15,2)21(14,24)17(27)9-20(13,3)22(11,29)18(28)10-25/h4-5,7,11,13-14,16-17,25,27,29H,6,8-10H2,1-3H3/t11-,13-,14+,16-,17-,19+,20-,21+,22+/m1/s1. The Morgan fingerprint density at radius 1 is 1.28 bits per heavy atom. The normalized spacial score (nSPS) is 53.7. The molecule has 0 aromatic heterocycles. The Morgan fingerprint density at radius 3 is 2.55 bits per heavy atom. The molecule has 7 heteroatoms. The van der Waals surface area contributed by atoms with Crippen LogP contribution in [0.2, 0.25) is 0 Å². The molecule has 0 aliphatic heterocycles. The van der Waals surface area contributed by atoms with Crippen molar-refractivity contribution in [3.8, 4) is 0 Å². The summed E-state index contributed by atoms with van der Waals surface area (Å²) in [4.78, 5) is 24.3. The van der Waals surface area contributed by atoms with Crippen molar-refractivity contribution in [2.75, 3.05) is 6.61 Å². The summed E-state index contributed by atoms with van der Waals surface area (Å²) in [6.07, 6.45) is 0.427. The molecule has 0 radical (unpaired) electrons. The maximum atomic E-state index is 16.9. The number of Topliss-reactive ketones (excluding diaryl/α,β-unsaturated/α-hetero) is 1. The molecule has 5 nitrogen and oxygen atoms in total. The third kappa shape index (κ3) is 2.19. The number of allylic oxidation sites excluding steroid dienone is 4. The van der Waals surface area contributed by atoms with Crippen LogP contribution >= 0.6 is 0 Å². The fraction of sp³-hybridized carbons (Fsp3) is 0.727. The zero-order chi connectivity index (χ0) is 21.6. The monoisotopic (exact) mass is 410 g/mol. The number of fused-ring (bicyclic) bond motifs is 5. The highest BCUT2D eigenvalue weighted by Crippen LogP contribution is 2.70. The molecule has 0 unspecified atom stereocenters. The number of ketones is 2. The Bertz CT molecular complexity index is 839. The Hall–Kier alpha value is -1.44. The lowest BCUT2D eigenvalue weighted by molar-refractivity contribution is -0.223. The number of hydrogen-bond donors (Lipinski definition) is 3. The molecule has 3 N–H and O–H groups in total. The van der Waals surface area contributed by atoms with E-state index >= 15 is 8.78 Å². The lowest BCUT2D eigenvalue weighted by Gasteiger charge is -2.63. The van der Waals surface area contributed by atoms with Crippen LogP contribution in [-0.2, 0) is 9.59 Å². The van der Waals surface area contributed by atoms with Crippen LogP contribution in [0.3, 0.4) is 0 Å². The molecule has 4 rings (SSSR count). The second-order valence-electron chi connectivity index (χ2n) is 9.84. The number of aliphatic hydroxyl groups excluding tert-OH is 2. The molecule has 0 amide bonds. The highest BCUT2D eigenvalue weighted by molar-refractivity contribution is 6.01. The number of carbonyl (C=O) groups is 2. The van der Waals surface area contributed by atoms with Gasteiger partial charge in [0, 0.05) is 16.7 Å².